The fraction of sp³-hybridized carbons (Fsp3) is 0.750. The highest BCUT2D eigenvalue weighted by molar-refractivity contribution is 6.31. The van der Waals surface area contributed by atoms with Crippen molar-refractivity contribution in [2.45, 2.75) is 46.1 Å². The lowest BCUT2D eigenvalue weighted by Gasteiger charge is -2.13. The van der Waals surface area contributed by atoms with Crippen LogP contribution in [0.15, 0.2) is 0 Å². The Morgan fingerprint density at radius 2 is 2.12 bits per heavy atom. The molecule has 4 heteroatoms. The third kappa shape index (κ3) is 1.98. The van der Waals surface area contributed by atoms with Gasteiger partial charge < -0.3 is 5.73 Å². The van der Waals surface area contributed by atoms with Crippen LogP contribution in [0, 0.1) is 5.41 Å². The predicted octanol–water partition coefficient (Wildman–Crippen LogP) is 2.40. The number of halogens is 1. The second-order valence-corrected chi connectivity index (χ2v) is 5.14. The van der Waals surface area contributed by atoms with Crippen LogP contribution in [0.5, 0.6) is 0 Å². The molecule has 0 spiro atoms. The van der Waals surface area contributed by atoms with E-state index < -0.39 is 0 Å². The van der Waals surface area contributed by atoms with Crippen molar-refractivity contribution in [3.05, 3.63) is 16.4 Å². The second-order valence-electron chi connectivity index (χ2n) is 4.76. The van der Waals surface area contributed by atoms with Gasteiger partial charge in [-0.05, 0) is 44.6 Å². The molecule has 0 unspecified atom stereocenters. The van der Waals surface area contributed by atoms with Gasteiger partial charge in [0.15, 0.2) is 0 Å². The van der Waals surface area contributed by atoms with E-state index in [1.807, 2.05) is 4.68 Å². The SMILES string of the molecule is CCc1nn(CC)c(CC2(CN)CC2)c1Cl. The molecular weight excluding hydrogens is 222 g/mol. The summed E-state index contributed by atoms with van der Waals surface area (Å²) >= 11 is 6.38. The van der Waals surface area contributed by atoms with E-state index in [2.05, 4.69) is 18.9 Å². The van der Waals surface area contributed by atoms with Crippen LogP contribution in [0.1, 0.15) is 38.1 Å². The second kappa shape index (κ2) is 4.38. The molecule has 1 aliphatic rings. The van der Waals surface area contributed by atoms with Crippen LogP contribution in [-0.4, -0.2) is 16.3 Å². The maximum Gasteiger partial charge on any atom is 0.0850 e. The topological polar surface area (TPSA) is 43.8 Å². The summed E-state index contributed by atoms with van der Waals surface area (Å²) in [4.78, 5) is 0. The van der Waals surface area contributed by atoms with Crippen LogP contribution in [0.4, 0.5) is 0 Å². The zero-order chi connectivity index (χ0) is 11.8. The van der Waals surface area contributed by atoms with E-state index in [9.17, 15) is 0 Å². The summed E-state index contributed by atoms with van der Waals surface area (Å²) in [5.74, 6) is 0. The van der Waals surface area contributed by atoms with Gasteiger partial charge in [-0.15, -0.1) is 0 Å². The number of nitrogens with two attached hydrogens (primary N) is 1. The molecule has 1 aromatic heterocycles. The Balaban J connectivity index is 2.28. The van der Waals surface area contributed by atoms with Crippen molar-refractivity contribution in [2.75, 3.05) is 6.54 Å². The zero-order valence-electron chi connectivity index (χ0n) is 10.1. The molecule has 0 atom stereocenters. The van der Waals surface area contributed by atoms with Gasteiger partial charge in [-0.25, -0.2) is 0 Å². The maximum atomic E-state index is 6.38. The van der Waals surface area contributed by atoms with E-state index in [0.29, 0.717) is 5.41 Å². The molecule has 1 saturated carbocycles. The predicted molar refractivity (Wildman–Crippen MR) is 66.7 cm³/mol. The molecule has 16 heavy (non-hydrogen) atoms. The molecule has 0 saturated heterocycles. The highest BCUT2D eigenvalue weighted by Crippen LogP contribution is 2.48. The molecule has 2 N–H and O–H groups in total. The van der Waals surface area contributed by atoms with E-state index in [4.69, 9.17) is 17.3 Å². The van der Waals surface area contributed by atoms with Crippen LogP contribution >= 0.6 is 11.6 Å². The number of nitrogens with zero attached hydrogens (tertiary/aromatic N) is 2. The first-order valence-corrected chi connectivity index (χ1v) is 6.47. The number of hydrogen-bond donors (Lipinski definition) is 1. The Bertz CT molecular complexity index is 380. The number of aryl methyl sites for hydroxylation is 2. The Morgan fingerprint density at radius 3 is 2.56 bits per heavy atom. The van der Waals surface area contributed by atoms with Crippen LogP contribution in [0.2, 0.25) is 5.02 Å². The van der Waals surface area contributed by atoms with E-state index in [1.165, 1.54) is 18.5 Å². The van der Waals surface area contributed by atoms with Crippen molar-refractivity contribution in [1.82, 2.24) is 9.78 Å². The zero-order valence-corrected chi connectivity index (χ0v) is 10.8. The van der Waals surface area contributed by atoms with Gasteiger partial charge in [0.05, 0.1) is 16.4 Å². The Labute approximate surface area is 102 Å². The quantitative estimate of drug-likeness (QED) is 0.861. The molecule has 0 amide bonds. The Morgan fingerprint density at radius 1 is 1.44 bits per heavy atom. The van der Waals surface area contributed by atoms with Crippen molar-refractivity contribution in [2.24, 2.45) is 11.1 Å². The largest absolute Gasteiger partial charge is 0.330 e. The van der Waals surface area contributed by atoms with E-state index in [1.54, 1.807) is 0 Å². The molecule has 0 aromatic carbocycles. The van der Waals surface area contributed by atoms with Crippen LogP contribution in [0.25, 0.3) is 0 Å². The fourth-order valence-corrected chi connectivity index (χ4v) is 2.51. The first-order valence-electron chi connectivity index (χ1n) is 6.10. The van der Waals surface area contributed by atoms with Crippen molar-refractivity contribution >= 4 is 11.6 Å². The average molecular weight is 242 g/mol. The third-order valence-corrected chi connectivity index (χ3v) is 4.06. The molecule has 3 nitrogen and oxygen atoms in total. The van der Waals surface area contributed by atoms with Crippen molar-refractivity contribution < 1.29 is 0 Å². The summed E-state index contributed by atoms with van der Waals surface area (Å²) in [5, 5.41) is 5.40. The van der Waals surface area contributed by atoms with Gasteiger partial charge in [0.1, 0.15) is 0 Å². The summed E-state index contributed by atoms with van der Waals surface area (Å²) in [6.45, 7) is 5.84. The fourth-order valence-electron chi connectivity index (χ4n) is 2.17. The summed E-state index contributed by atoms with van der Waals surface area (Å²) in [5.41, 5.74) is 8.35. The van der Waals surface area contributed by atoms with Crippen molar-refractivity contribution in [1.29, 1.82) is 0 Å². The molecule has 0 aliphatic heterocycles. The number of hydrogen-bond acceptors (Lipinski definition) is 2. The molecule has 1 fully saturated rings. The summed E-state index contributed by atoms with van der Waals surface area (Å²) in [6.07, 6.45) is 4.35. The van der Waals surface area contributed by atoms with Gasteiger partial charge in [0.2, 0.25) is 0 Å². The molecule has 0 radical (unpaired) electrons. The first-order chi connectivity index (χ1) is 7.65. The van der Waals surface area contributed by atoms with Crippen LogP contribution < -0.4 is 5.73 Å². The Kier molecular flexibility index (Phi) is 3.27. The lowest BCUT2D eigenvalue weighted by Crippen LogP contribution is -2.20. The van der Waals surface area contributed by atoms with Crippen molar-refractivity contribution in [3.63, 3.8) is 0 Å². The average Bonchev–Trinajstić information content (AvgIpc) is 3.02. The molecule has 90 valence electrons. The maximum absolute atomic E-state index is 6.38. The Hall–Kier alpha value is -0.540. The molecule has 2 rings (SSSR count). The van der Waals surface area contributed by atoms with Crippen LogP contribution in [-0.2, 0) is 19.4 Å². The smallest absolute Gasteiger partial charge is 0.0850 e. The monoisotopic (exact) mass is 241 g/mol. The first kappa shape index (κ1) is 11.9. The molecule has 1 aromatic rings. The van der Waals surface area contributed by atoms with Crippen molar-refractivity contribution in [3.8, 4) is 0 Å². The minimum absolute atomic E-state index is 0.321. The van der Waals surface area contributed by atoms with Crippen LogP contribution in [0.3, 0.4) is 0 Å². The van der Waals surface area contributed by atoms with Gasteiger partial charge in [0, 0.05) is 6.54 Å². The van der Waals surface area contributed by atoms with E-state index >= 15 is 0 Å². The molecule has 0 bridgehead atoms. The molecule has 1 aliphatic carbocycles. The summed E-state index contributed by atoms with van der Waals surface area (Å²) < 4.78 is 2.04. The normalized spacial score (nSPS) is 17.8. The third-order valence-electron chi connectivity index (χ3n) is 3.63. The van der Waals surface area contributed by atoms with E-state index in [-0.39, 0.29) is 0 Å². The van der Waals surface area contributed by atoms with Gasteiger partial charge in [-0.2, -0.15) is 5.10 Å². The van der Waals surface area contributed by atoms with Gasteiger partial charge in [-0.3, -0.25) is 4.68 Å². The minimum atomic E-state index is 0.321. The highest BCUT2D eigenvalue weighted by atomic mass is 35.5. The minimum Gasteiger partial charge on any atom is -0.330 e. The standard InChI is InChI=1S/C12H20ClN3/c1-3-9-11(13)10(16(4-2)15-9)7-12(8-14)5-6-12/h3-8,14H2,1-2H3. The van der Waals surface area contributed by atoms with Gasteiger partial charge in [0.25, 0.3) is 0 Å². The summed E-state index contributed by atoms with van der Waals surface area (Å²) in [7, 11) is 0. The summed E-state index contributed by atoms with van der Waals surface area (Å²) in [6, 6.07) is 0. The molecule has 1 heterocycles. The van der Waals surface area contributed by atoms with E-state index in [0.717, 1.165) is 36.6 Å². The molecular formula is C12H20ClN3. The number of rotatable bonds is 5. The lowest BCUT2D eigenvalue weighted by atomic mass is 10.00. The van der Waals surface area contributed by atoms with Gasteiger partial charge in [-0.1, -0.05) is 18.5 Å². The highest BCUT2D eigenvalue weighted by Gasteiger charge is 2.42. The van der Waals surface area contributed by atoms with Gasteiger partial charge >= 0.3 is 0 Å². The lowest BCUT2D eigenvalue weighted by molar-refractivity contribution is 0.486. The number of aromatic nitrogens is 2.